The van der Waals surface area contributed by atoms with Gasteiger partial charge in [-0.1, -0.05) is 65.3 Å². The van der Waals surface area contributed by atoms with Crippen molar-refractivity contribution < 1.29 is 4.79 Å². The molecule has 0 radical (unpaired) electrons. The van der Waals surface area contributed by atoms with Crippen molar-refractivity contribution in [3.05, 3.63) is 70.2 Å². The van der Waals surface area contributed by atoms with Crippen LogP contribution in [0.15, 0.2) is 58.7 Å². The number of amides is 1. The van der Waals surface area contributed by atoms with Crippen molar-refractivity contribution >= 4 is 40.7 Å². The second kappa shape index (κ2) is 7.64. The molecule has 24 heavy (non-hydrogen) atoms. The van der Waals surface area contributed by atoms with Crippen LogP contribution in [0.4, 0.5) is 0 Å². The Labute approximate surface area is 150 Å². The van der Waals surface area contributed by atoms with Gasteiger partial charge in [-0.05, 0) is 36.6 Å². The van der Waals surface area contributed by atoms with Crippen molar-refractivity contribution in [3.8, 4) is 0 Å². The Hall–Kier alpha value is -2.11. The fraction of sp³-hybridized carbons (Fsp3) is 0.167. The molecular weight excluding hydrogens is 342 g/mol. The van der Waals surface area contributed by atoms with Crippen LogP contribution in [0.25, 0.3) is 0 Å². The normalized spacial score (nSPS) is 19.2. The van der Waals surface area contributed by atoms with Gasteiger partial charge in [-0.2, -0.15) is 5.10 Å². The predicted octanol–water partition coefficient (Wildman–Crippen LogP) is 3.81. The lowest BCUT2D eigenvalue weighted by molar-refractivity contribution is -0.118. The SMILES string of the molecule is Cc1cccc(CC2S/C(=N\N=C\c3ccc(Cl)cc3)NC2=O)c1. The number of benzene rings is 2. The maximum absolute atomic E-state index is 12.1. The molecule has 2 aromatic carbocycles. The lowest BCUT2D eigenvalue weighted by Crippen LogP contribution is -2.25. The predicted molar refractivity (Wildman–Crippen MR) is 101 cm³/mol. The molecule has 1 N–H and O–H groups in total. The number of hydrogen-bond donors (Lipinski definition) is 1. The van der Waals surface area contributed by atoms with E-state index in [9.17, 15) is 4.79 Å². The molecule has 1 amide bonds. The number of nitrogens with zero attached hydrogens (tertiary/aromatic N) is 2. The molecule has 4 nitrogen and oxygen atoms in total. The fourth-order valence-electron chi connectivity index (χ4n) is 2.34. The zero-order chi connectivity index (χ0) is 16.9. The smallest absolute Gasteiger partial charge is 0.239 e. The molecule has 1 fully saturated rings. The number of nitrogens with one attached hydrogen (secondary N) is 1. The lowest BCUT2D eigenvalue weighted by Gasteiger charge is -2.05. The average molecular weight is 358 g/mol. The number of hydrogen-bond acceptors (Lipinski definition) is 4. The van der Waals surface area contributed by atoms with Gasteiger partial charge in [0.25, 0.3) is 0 Å². The molecule has 1 heterocycles. The van der Waals surface area contributed by atoms with Crippen LogP contribution >= 0.6 is 23.4 Å². The van der Waals surface area contributed by atoms with Gasteiger partial charge >= 0.3 is 0 Å². The molecule has 3 rings (SSSR count). The molecule has 1 aliphatic heterocycles. The van der Waals surface area contributed by atoms with E-state index in [0.29, 0.717) is 16.6 Å². The molecule has 2 aromatic rings. The summed E-state index contributed by atoms with van der Waals surface area (Å²) < 4.78 is 0. The molecule has 0 spiro atoms. The van der Waals surface area contributed by atoms with Crippen LogP contribution in [0.2, 0.25) is 5.02 Å². The summed E-state index contributed by atoms with van der Waals surface area (Å²) in [4.78, 5) is 12.1. The molecule has 0 saturated carbocycles. The Kier molecular flexibility index (Phi) is 5.33. The van der Waals surface area contributed by atoms with Crippen molar-refractivity contribution in [2.24, 2.45) is 10.2 Å². The Morgan fingerprint density at radius 3 is 2.79 bits per heavy atom. The third-order valence-electron chi connectivity index (χ3n) is 3.51. The van der Waals surface area contributed by atoms with Gasteiger partial charge in [0.1, 0.15) is 0 Å². The Morgan fingerprint density at radius 2 is 2.04 bits per heavy atom. The highest BCUT2D eigenvalue weighted by Crippen LogP contribution is 2.23. The first-order valence-electron chi connectivity index (χ1n) is 7.50. The van der Waals surface area contributed by atoms with E-state index in [0.717, 1.165) is 11.1 Å². The zero-order valence-corrected chi connectivity index (χ0v) is 14.6. The second-order valence-corrected chi connectivity index (χ2v) is 7.12. The van der Waals surface area contributed by atoms with Crippen LogP contribution in [0.3, 0.4) is 0 Å². The third kappa shape index (κ3) is 4.46. The Bertz CT molecular complexity index is 802. The van der Waals surface area contributed by atoms with Crippen LogP contribution in [-0.2, 0) is 11.2 Å². The first-order valence-corrected chi connectivity index (χ1v) is 8.75. The average Bonchev–Trinajstić information content (AvgIpc) is 2.89. The highest BCUT2D eigenvalue weighted by Gasteiger charge is 2.30. The minimum absolute atomic E-state index is 0.0260. The highest BCUT2D eigenvalue weighted by atomic mass is 35.5. The van der Waals surface area contributed by atoms with Gasteiger partial charge in [0.2, 0.25) is 5.91 Å². The van der Waals surface area contributed by atoms with E-state index in [1.807, 2.05) is 37.3 Å². The Balaban J connectivity index is 1.62. The van der Waals surface area contributed by atoms with Crippen molar-refractivity contribution in [2.75, 3.05) is 0 Å². The van der Waals surface area contributed by atoms with Crippen LogP contribution in [0, 0.1) is 6.92 Å². The number of rotatable bonds is 4. The van der Waals surface area contributed by atoms with Gasteiger partial charge in [0, 0.05) is 5.02 Å². The highest BCUT2D eigenvalue weighted by molar-refractivity contribution is 8.15. The van der Waals surface area contributed by atoms with Crippen molar-refractivity contribution in [1.82, 2.24) is 5.32 Å². The monoisotopic (exact) mass is 357 g/mol. The summed E-state index contributed by atoms with van der Waals surface area (Å²) in [7, 11) is 0. The van der Waals surface area contributed by atoms with Gasteiger partial charge in [-0.25, -0.2) is 0 Å². The first-order chi connectivity index (χ1) is 11.6. The molecule has 1 unspecified atom stereocenters. The summed E-state index contributed by atoms with van der Waals surface area (Å²) >= 11 is 7.25. The lowest BCUT2D eigenvalue weighted by atomic mass is 10.1. The summed E-state index contributed by atoms with van der Waals surface area (Å²) in [6.07, 6.45) is 2.31. The topological polar surface area (TPSA) is 53.8 Å². The fourth-order valence-corrected chi connectivity index (χ4v) is 3.43. The summed E-state index contributed by atoms with van der Waals surface area (Å²) in [5, 5.41) is 11.9. The van der Waals surface area contributed by atoms with E-state index in [1.54, 1.807) is 18.3 Å². The molecular formula is C18H16ClN3OS. The van der Waals surface area contributed by atoms with E-state index >= 15 is 0 Å². The molecule has 1 aliphatic rings. The number of thioether (sulfide) groups is 1. The third-order valence-corrected chi connectivity index (χ3v) is 4.83. The zero-order valence-electron chi connectivity index (χ0n) is 13.1. The van der Waals surface area contributed by atoms with E-state index in [4.69, 9.17) is 11.6 Å². The minimum atomic E-state index is -0.170. The largest absolute Gasteiger partial charge is 0.303 e. The Morgan fingerprint density at radius 1 is 1.25 bits per heavy atom. The molecule has 0 aromatic heterocycles. The summed E-state index contributed by atoms with van der Waals surface area (Å²) in [5.41, 5.74) is 3.24. The number of carbonyl (C=O) groups excluding carboxylic acids is 1. The van der Waals surface area contributed by atoms with Crippen molar-refractivity contribution in [1.29, 1.82) is 0 Å². The molecule has 1 saturated heterocycles. The van der Waals surface area contributed by atoms with Crippen molar-refractivity contribution in [3.63, 3.8) is 0 Å². The number of aryl methyl sites for hydroxylation is 1. The number of amidine groups is 1. The van der Waals surface area contributed by atoms with E-state index in [2.05, 4.69) is 21.6 Å². The minimum Gasteiger partial charge on any atom is -0.303 e. The van der Waals surface area contributed by atoms with Crippen LogP contribution in [-0.4, -0.2) is 22.5 Å². The standard InChI is InChI=1S/C18H16ClN3OS/c1-12-3-2-4-14(9-12)10-16-17(23)21-18(24-16)22-20-11-13-5-7-15(19)8-6-13/h2-9,11,16H,10H2,1H3,(H,21,22,23)/b20-11+. The number of carbonyl (C=O) groups is 1. The van der Waals surface area contributed by atoms with Crippen LogP contribution in [0.1, 0.15) is 16.7 Å². The molecule has 0 aliphatic carbocycles. The van der Waals surface area contributed by atoms with E-state index < -0.39 is 0 Å². The van der Waals surface area contributed by atoms with E-state index in [1.165, 1.54) is 17.3 Å². The van der Waals surface area contributed by atoms with Crippen molar-refractivity contribution in [2.45, 2.75) is 18.6 Å². The van der Waals surface area contributed by atoms with Gasteiger partial charge in [-0.3, -0.25) is 4.79 Å². The van der Waals surface area contributed by atoms with Crippen LogP contribution < -0.4 is 5.32 Å². The molecule has 6 heteroatoms. The maximum atomic E-state index is 12.1. The molecule has 0 bridgehead atoms. The maximum Gasteiger partial charge on any atom is 0.239 e. The van der Waals surface area contributed by atoms with E-state index in [-0.39, 0.29) is 11.2 Å². The van der Waals surface area contributed by atoms with Gasteiger partial charge in [0.05, 0.1) is 11.5 Å². The quantitative estimate of drug-likeness (QED) is 0.668. The van der Waals surface area contributed by atoms with Gasteiger partial charge in [-0.15, -0.1) is 5.10 Å². The second-order valence-electron chi connectivity index (χ2n) is 5.49. The number of halogens is 1. The summed E-state index contributed by atoms with van der Waals surface area (Å²) in [6, 6.07) is 15.5. The molecule has 1 atom stereocenters. The molecule has 122 valence electrons. The first kappa shape index (κ1) is 16.7. The summed E-state index contributed by atoms with van der Waals surface area (Å²) in [6.45, 7) is 2.05. The van der Waals surface area contributed by atoms with Gasteiger partial charge < -0.3 is 5.32 Å². The van der Waals surface area contributed by atoms with Crippen LogP contribution in [0.5, 0.6) is 0 Å². The summed E-state index contributed by atoms with van der Waals surface area (Å²) in [5.74, 6) is -0.0260. The van der Waals surface area contributed by atoms with Gasteiger partial charge in [0.15, 0.2) is 5.17 Å².